The Hall–Kier alpha value is -0.0400. The van der Waals surface area contributed by atoms with Gasteiger partial charge in [-0.3, -0.25) is 0 Å². The van der Waals surface area contributed by atoms with E-state index in [1.165, 1.54) is 39.2 Å². The maximum absolute atomic E-state index is 4.50. The highest BCUT2D eigenvalue weighted by molar-refractivity contribution is 4.31. The molecule has 0 aromatic rings. The molecule has 11 heavy (non-hydrogen) atoms. The first-order valence-corrected chi connectivity index (χ1v) is 4.91. The number of nitrogens with two attached hydrogens (primary N) is 1. The van der Waals surface area contributed by atoms with Gasteiger partial charge in [0, 0.05) is 0 Å². The van der Waals surface area contributed by atoms with Crippen LogP contribution in [0.4, 0.5) is 0 Å². The third-order valence-electron chi connectivity index (χ3n) is 0.957. The van der Waals surface area contributed by atoms with Crippen molar-refractivity contribution in [2.24, 2.45) is 5.73 Å². The molecular formula is C10H27N. The van der Waals surface area contributed by atoms with Crippen LogP contribution in [0.25, 0.3) is 0 Å². The molecule has 0 bridgehead atoms. The van der Waals surface area contributed by atoms with E-state index in [1.54, 1.807) is 0 Å². The molecule has 0 spiro atoms. The highest BCUT2D eigenvalue weighted by Crippen LogP contribution is 1.95. The van der Waals surface area contributed by atoms with Crippen molar-refractivity contribution in [1.29, 1.82) is 0 Å². The molecule has 0 aromatic heterocycles. The minimum atomic E-state index is 1.25. The van der Waals surface area contributed by atoms with Gasteiger partial charge < -0.3 is 5.73 Å². The monoisotopic (exact) mass is 161 g/mol. The number of unbranched alkanes of at least 4 members (excludes halogenated alkanes) is 3. The molecule has 0 amide bonds. The highest BCUT2D eigenvalue weighted by atomic mass is 14.4. The van der Waals surface area contributed by atoms with E-state index in [9.17, 15) is 0 Å². The van der Waals surface area contributed by atoms with E-state index in [1.807, 2.05) is 0 Å². The van der Waals surface area contributed by atoms with Gasteiger partial charge in [-0.15, -0.1) is 0 Å². The van der Waals surface area contributed by atoms with Gasteiger partial charge in [0.2, 0.25) is 0 Å². The Morgan fingerprint density at radius 2 is 0.909 bits per heavy atom. The molecule has 0 saturated carbocycles. The van der Waals surface area contributed by atoms with Crippen molar-refractivity contribution in [3.8, 4) is 0 Å². The topological polar surface area (TPSA) is 26.0 Å². The Bertz CT molecular complexity index is 24.1. The van der Waals surface area contributed by atoms with E-state index in [0.717, 1.165) is 0 Å². The fourth-order valence-corrected chi connectivity index (χ4v) is 0.500. The van der Waals surface area contributed by atoms with Crippen LogP contribution in [0.2, 0.25) is 0 Å². The largest absolute Gasteiger partial charge is 0.333 e. The van der Waals surface area contributed by atoms with Gasteiger partial charge in [-0.05, 0) is 7.05 Å². The van der Waals surface area contributed by atoms with Crippen molar-refractivity contribution in [1.82, 2.24) is 0 Å². The summed E-state index contributed by atoms with van der Waals surface area (Å²) in [6.45, 7) is 8.71. The van der Waals surface area contributed by atoms with E-state index in [-0.39, 0.29) is 0 Å². The van der Waals surface area contributed by atoms with Gasteiger partial charge in [0.1, 0.15) is 0 Å². The predicted octanol–water partition coefficient (Wildman–Crippen LogP) is 3.58. The molecule has 1 heteroatoms. The van der Waals surface area contributed by atoms with Gasteiger partial charge in [0.05, 0.1) is 0 Å². The zero-order chi connectivity index (χ0) is 9.54. The van der Waals surface area contributed by atoms with Crippen molar-refractivity contribution in [2.75, 3.05) is 7.05 Å². The first kappa shape index (κ1) is 17.2. The second-order valence-electron chi connectivity index (χ2n) is 2.41. The van der Waals surface area contributed by atoms with Gasteiger partial charge >= 0.3 is 0 Å². The second-order valence-corrected chi connectivity index (χ2v) is 2.41. The molecule has 0 fully saturated rings. The highest BCUT2D eigenvalue weighted by Gasteiger charge is 1.75. The summed E-state index contributed by atoms with van der Waals surface area (Å²) in [5.74, 6) is 0. The van der Waals surface area contributed by atoms with Crippen LogP contribution in [0, 0.1) is 0 Å². The molecule has 0 rings (SSSR count). The normalized spacial score (nSPS) is 7.09. The zero-order valence-electron chi connectivity index (χ0n) is 9.11. The summed E-state index contributed by atoms with van der Waals surface area (Å²) in [6.07, 6.45) is 6.79. The van der Waals surface area contributed by atoms with Gasteiger partial charge in [0.15, 0.2) is 0 Å². The number of rotatable bonds is 3. The summed E-state index contributed by atoms with van der Waals surface area (Å²) in [7, 11) is 1.50. The predicted molar refractivity (Wildman–Crippen MR) is 55.9 cm³/mol. The lowest BCUT2D eigenvalue weighted by molar-refractivity contribution is 0.702. The molecule has 1 nitrogen and oxygen atoms in total. The average Bonchev–Trinajstić information content (AvgIpc) is 2.06. The first-order valence-electron chi connectivity index (χ1n) is 4.91. The maximum Gasteiger partial charge on any atom is -0.0195 e. The molecule has 0 aliphatic rings. The molecule has 0 aliphatic carbocycles. The molecule has 0 aromatic carbocycles. The summed E-state index contributed by atoms with van der Waals surface area (Å²) >= 11 is 0. The van der Waals surface area contributed by atoms with E-state index in [2.05, 4.69) is 33.4 Å². The Morgan fingerprint density at radius 1 is 0.727 bits per heavy atom. The molecule has 0 heterocycles. The average molecular weight is 161 g/mol. The van der Waals surface area contributed by atoms with Crippen molar-refractivity contribution >= 4 is 0 Å². The van der Waals surface area contributed by atoms with Crippen LogP contribution in [-0.2, 0) is 0 Å². The van der Waals surface area contributed by atoms with Crippen LogP contribution in [0.5, 0.6) is 0 Å². The lowest BCUT2D eigenvalue weighted by Crippen LogP contribution is -1.69. The van der Waals surface area contributed by atoms with Gasteiger partial charge in [-0.25, -0.2) is 0 Å². The number of hydrogen-bond donors (Lipinski definition) is 1. The van der Waals surface area contributed by atoms with Crippen LogP contribution in [0.3, 0.4) is 0 Å². The second kappa shape index (κ2) is 32.5. The lowest BCUT2D eigenvalue weighted by Gasteiger charge is -1.86. The van der Waals surface area contributed by atoms with Crippen molar-refractivity contribution in [3.63, 3.8) is 0 Å². The Labute approximate surface area is 73.4 Å². The smallest absolute Gasteiger partial charge is 0.0195 e. The molecule has 0 atom stereocenters. The SMILES string of the molecule is CCC.CCCCCC.CN. The van der Waals surface area contributed by atoms with Gasteiger partial charge in [-0.2, -0.15) is 0 Å². The van der Waals surface area contributed by atoms with Gasteiger partial charge in [-0.1, -0.05) is 59.8 Å². The molecule has 72 valence electrons. The minimum absolute atomic E-state index is 1.25. The minimum Gasteiger partial charge on any atom is -0.333 e. The molecule has 0 aliphatic heterocycles. The van der Waals surface area contributed by atoms with Crippen LogP contribution in [0.15, 0.2) is 0 Å². The summed E-state index contributed by atoms with van der Waals surface area (Å²) in [4.78, 5) is 0. The summed E-state index contributed by atoms with van der Waals surface area (Å²) < 4.78 is 0. The van der Waals surface area contributed by atoms with Crippen LogP contribution < -0.4 is 5.73 Å². The van der Waals surface area contributed by atoms with E-state index in [4.69, 9.17) is 0 Å². The quantitative estimate of drug-likeness (QED) is 0.629. The van der Waals surface area contributed by atoms with Crippen LogP contribution >= 0.6 is 0 Å². The van der Waals surface area contributed by atoms with Gasteiger partial charge in [0.25, 0.3) is 0 Å². The van der Waals surface area contributed by atoms with Crippen molar-refractivity contribution < 1.29 is 0 Å². The van der Waals surface area contributed by atoms with E-state index >= 15 is 0 Å². The zero-order valence-corrected chi connectivity index (χ0v) is 9.11. The van der Waals surface area contributed by atoms with Crippen molar-refractivity contribution in [2.45, 2.75) is 59.8 Å². The van der Waals surface area contributed by atoms with E-state index in [0.29, 0.717) is 0 Å². The third-order valence-corrected chi connectivity index (χ3v) is 0.957. The van der Waals surface area contributed by atoms with E-state index < -0.39 is 0 Å². The standard InChI is InChI=1S/C6H14.C3H8.CH5N/c1-3-5-6-4-2;1-3-2;1-2/h3-6H2,1-2H3;3H2,1-2H3;2H2,1H3. The fourth-order valence-electron chi connectivity index (χ4n) is 0.500. The summed E-state index contributed by atoms with van der Waals surface area (Å²) in [5.41, 5.74) is 4.50. The van der Waals surface area contributed by atoms with Crippen molar-refractivity contribution in [3.05, 3.63) is 0 Å². The number of hydrogen-bond acceptors (Lipinski definition) is 1. The lowest BCUT2D eigenvalue weighted by atomic mass is 10.2. The van der Waals surface area contributed by atoms with Crippen LogP contribution in [0.1, 0.15) is 59.8 Å². The maximum atomic E-state index is 4.50. The summed E-state index contributed by atoms with van der Waals surface area (Å²) in [6, 6.07) is 0. The Balaban J connectivity index is -0.000000109. The molecular weight excluding hydrogens is 134 g/mol. The molecule has 2 N–H and O–H groups in total. The molecule has 0 saturated heterocycles. The summed E-state index contributed by atoms with van der Waals surface area (Å²) in [5, 5.41) is 0. The molecule has 0 radical (unpaired) electrons. The fraction of sp³-hybridized carbons (Fsp3) is 1.00. The van der Waals surface area contributed by atoms with Crippen LogP contribution in [-0.4, -0.2) is 7.05 Å². The Morgan fingerprint density at radius 3 is 1.00 bits per heavy atom. The first-order chi connectivity index (χ1) is 5.33. The molecule has 0 unspecified atom stereocenters. The third kappa shape index (κ3) is 72.0. The Kier molecular flexibility index (Phi) is 50.7.